The Morgan fingerprint density at radius 2 is 1.92 bits per heavy atom. The van der Waals surface area contributed by atoms with Gasteiger partial charge in [0.2, 0.25) is 11.6 Å². The summed E-state index contributed by atoms with van der Waals surface area (Å²) < 4.78 is 0.862. The molecule has 7 nitrogen and oxygen atoms in total. The van der Waals surface area contributed by atoms with Crippen LogP contribution in [0, 0.1) is 10.1 Å². The number of nitro groups is 1. The highest BCUT2D eigenvalue weighted by Gasteiger charge is 2.25. The van der Waals surface area contributed by atoms with Gasteiger partial charge in [-0.05, 0) is 23.8 Å². The Balaban J connectivity index is 1.94. The minimum Gasteiger partial charge on any atom is -0.349 e. The second-order valence-electron chi connectivity index (χ2n) is 5.63. The molecule has 132 valence electrons. The molecule has 0 spiro atoms. The first-order chi connectivity index (χ1) is 12.5. The molecule has 0 bridgehead atoms. The zero-order valence-corrected chi connectivity index (χ0v) is 15.5. The summed E-state index contributed by atoms with van der Waals surface area (Å²) in [6.45, 7) is 0.495. The van der Waals surface area contributed by atoms with Gasteiger partial charge >= 0.3 is 5.69 Å². The molecule has 8 heteroatoms. The highest BCUT2D eigenvalue weighted by molar-refractivity contribution is 9.10. The minimum atomic E-state index is -0.461. The maximum Gasteiger partial charge on any atom is 0.353 e. The molecule has 2 aromatic carbocycles. The summed E-state index contributed by atoms with van der Waals surface area (Å²) in [5.74, 6) is 0.407. The summed E-state index contributed by atoms with van der Waals surface area (Å²) in [6.07, 6.45) is 1.32. The summed E-state index contributed by atoms with van der Waals surface area (Å²) >= 11 is 3.38. The van der Waals surface area contributed by atoms with Gasteiger partial charge in [0.25, 0.3) is 0 Å². The largest absolute Gasteiger partial charge is 0.353 e. The van der Waals surface area contributed by atoms with Gasteiger partial charge in [0, 0.05) is 23.8 Å². The number of benzene rings is 2. The Hall–Kier alpha value is -3.00. The van der Waals surface area contributed by atoms with Gasteiger partial charge in [-0.1, -0.05) is 52.3 Å². The molecule has 0 aliphatic rings. The van der Waals surface area contributed by atoms with E-state index < -0.39 is 4.92 Å². The van der Waals surface area contributed by atoms with Gasteiger partial charge in [-0.3, -0.25) is 10.1 Å². The van der Waals surface area contributed by atoms with Crippen molar-refractivity contribution in [3.8, 4) is 0 Å². The van der Waals surface area contributed by atoms with Gasteiger partial charge in [-0.15, -0.1) is 0 Å². The van der Waals surface area contributed by atoms with Crippen molar-refractivity contribution < 1.29 is 4.92 Å². The standard InChI is InChI=1S/C18H16BrN5O2/c1-23(11-13-6-3-2-4-7-13)18-16(24(25)26)17(20-12-21-18)22-15-9-5-8-14(19)10-15/h2-10,12H,11H2,1H3,(H,20,21,22). The van der Waals surface area contributed by atoms with E-state index in [1.165, 1.54) is 6.33 Å². The molecule has 0 saturated heterocycles. The fourth-order valence-corrected chi connectivity index (χ4v) is 2.94. The fraction of sp³-hybridized carbons (Fsp3) is 0.111. The van der Waals surface area contributed by atoms with Crippen molar-refractivity contribution in [1.82, 2.24) is 9.97 Å². The first-order valence-corrected chi connectivity index (χ1v) is 8.61. The van der Waals surface area contributed by atoms with Crippen LogP contribution in [0.25, 0.3) is 0 Å². The van der Waals surface area contributed by atoms with Crippen LogP contribution in [0.15, 0.2) is 65.4 Å². The van der Waals surface area contributed by atoms with Gasteiger partial charge in [-0.25, -0.2) is 9.97 Å². The number of rotatable bonds is 6. The topological polar surface area (TPSA) is 84.2 Å². The number of nitrogens with zero attached hydrogens (tertiary/aromatic N) is 4. The quantitative estimate of drug-likeness (QED) is 0.472. The summed E-state index contributed by atoms with van der Waals surface area (Å²) in [6, 6.07) is 17.0. The third-order valence-corrected chi connectivity index (χ3v) is 4.19. The molecular weight excluding hydrogens is 398 g/mol. The molecular formula is C18H16BrN5O2. The molecule has 0 radical (unpaired) electrons. The molecule has 0 saturated carbocycles. The van der Waals surface area contributed by atoms with Gasteiger partial charge in [0.05, 0.1) is 4.92 Å². The Morgan fingerprint density at radius 1 is 1.15 bits per heavy atom. The van der Waals surface area contributed by atoms with E-state index in [4.69, 9.17) is 0 Å². The van der Waals surface area contributed by atoms with Gasteiger partial charge in [-0.2, -0.15) is 0 Å². The molecule has 0 aliphatic heterocycles. The minimum absolute atomic E-state index is 0.151. The van der Waals surface area contributed by atoms with Crippen LogP contribution in [0.2, 0.25) is 0 Å². The SMILES string of the molecule is CN(Cc1ccccc1)c1ncnc(Nc2cccc(Br)c2)c1[N+](=O)[O-]. The van der Waals surface area contributed by atoms with Crippen LogP contribution in [-0.2, 0) is 6.54 Å². The van der Waals surface area contributed by atoms with E-state index in [1.54, 1.807) is 11.9 Å². The second-order valence-corrected chi connectivity index (χ2v) is 6.54. The predicted octanol–water partition coefficient (Wildman–Crippen LogP) is 4.53. The number of nitrogens with one attached hydrogen (secondary N) is 1. The molecule has 3 rings (SSSR count). The van der Waals surface area contributed by atoms with Crippen LogP contribution in [0.1, 0.15) is 5.56 Å². The van der Waals surface area contributed by atoms with Crippen LogP contribution in [0.3, 0.4) is 0 Å². The van der Waals surface area contributed by atoms with E-state index >= 15 is 0 Å². The van der Waals surface area contributed by atoms with Crippen LogP contribution in [0.5, 0.6) is 0 Å². The zero-order chi connectivity index (χ0) is 18.5. The molecule has 0 amide bonds. The van der Waals surface area contributed by atoms with Crippen molar-refractivity contribution in [3.05, 3.63) is 81.1 Å². The Bertz CT molecular complexity index is 920. The van der Waals surface area contributed by atoms with Crippen LogP contribution in [0.4, 0.5) is 23.0 Å². The third kappa shape index (κ3) is 4.15. The lowest BCUT2D eigenvalue weighted by Crippen LogP contribution is -2.20. The average Bonchev–Trinajstić information content (AvgIpc) is 2.62. The predicted molar refractivity (Wildman–Crippen MR) is 105 cm³/mol. The second kappa shape index (κ2) is 7.92. The highest BCUT2D eigenvalue weighted by Crippen LogP contribution is 2.33. The first-order valence-electron chi connectivity index (χ1n) is 7.81. The molecule has 1 heterocycles. The van der Waals surface area contributed by atoms with Crippen molar-refractivity contribution in [2.75, 3.05) is 17.3 Å². The number of hydrogen-bond donors (Lipinski definition) is 1. The van der Waals surface area contributed by atoms with E-state index in [9.17, 15) is 10.1 Å². The van der Waals surface area contributed by atoms with Crippen molar-refractivity contribution in [1.29, 1.82) is 0 Å². The normalized spacial score (nSPS) is 10.4. The van der Waals surface area contributed by atoms with E-state index in [-0.39, 0.29) is 17.3 Å². The highest BCUT2D eigenvalue weighted by atomic mass is 79.9. The number of aromatic nitrogens is 2. The van der Waals surface area contributed by atoms with Crippen molar-refractivity contribution in [2.24, 2.45) is 0 Å². The summed E-state index contributed by atoms with van der Waals surface area (Å²) in [7, 11) is 1.77. The lowest BCUT2D eigenvalue weighted by molar-refractivity contribution is -0.383. The number of halogens is 1. The number of hydrogen-bond acceptors (Lipinski definition) is 6. The van der Waals surface area contributed by atoms with Gasteiger partial charge < -0.3 is 10.2 Å². The zero-order valence-electron chi connectivity index (χ0n) is 14.0. The average molecular weight is 414 g/mol. The maximum atomic E-state index is 11.7. The molecule has 0 atom stereocenters. The van der Waals surface area contributed by atoms with Crippen molar-refractivity contribution >= 4 is 38.9 Å². The Labute approximate surface area is 159 Å². The lowest BCUT2D eigenvalue weighted by Gasteiger charge is -2.19. The summed E-state index contributed by atoms with van der Waals surface area (Å²) in [5.41, 5.74) is 1.56. The van der Waals surface area contributed by atoms with Crippen LogP contribution >= 0.6 is 15.9 Å². The number of anilines is 3. The molecule has 0 unspecified atom stereocenters. The fourth-order valence-electron chi connectivity index (χ4n) is 2.54. The molecule has 3 aromatic rings. The van der Waals surface area contributed by atoms with Crippen molar-refractivity contribution in [2.45, 2.75) is 6.54 Å². The van der Waals surface area contributed by atoms with E-state index in [1.807, 2.05) is 54.6 Å². The van der Waals surface area contributed by atoms with E-state index in [0.29, 0.717) is 12.2 Å². The summed E-state index contributed by atoms with van der Waals surface area (Å²) in [4.78, 5) is 21.2. The molecule has 0 aliphatic carbocycles. The molecule has 1 aromatic heterocycles. The van der Waals surface area contributed by atoms with E-state index in [2.05, 4.69) is 31.2 Å². The van der Waals surface area contributed by atoms with Crippen LogP contribution in [-0.4, -0.2) is 21.9 Å². The lowest BCUT2D eigenvalue weighted by atomic mass is 10.2. The molecule has 1 N–H and O–H groups in total. The summed E-state index contributed by atoms with van der Waals surface area (Å²) in [5, 5.41) is 14.7. The Kier molecular flexibility index (Phi) is 5.43. The third-order valence-electron chi connectivity index (χ3n) is 3.70. The monoisotopic (exact) mass is 413 g/mol. The van der Waals surface area contributed by atoms with E-state index in [0.717, 1.165) is 10.0 Å². The first kappa shape index (κ1) is 17.8. The van der Waals surface area contributed by atoms with Gasteiger partial charge in [0.1, 0.15) is 6.33 Å². The van der Waals surface area contributed by atoms with Crippen LogP contribution < -0.4 is 10.2 Å². The smallest absolute Gasteiger partial charge is 0.349 e. The van der Waals surface area contributed by atoms with Gasteiger partial charge in [0.15, 0.2) is 0 Å². The Morgan fingerprint density at radius 3 is 2.62 bits per heavy atom. The molecule has 26 heavy (non-hydrogen) atoms. The molecule has 0 fully saturated rings. The maximum absolute atomic E-state index is 11.7. The van der Waals surface area contributed by atoms with Crippen molar-refractivity contribution in [3.63, 3.8) is 0 Å².